The molecule has 1 aliphatic carbocycles. The minimum atomic E-state index is 0.0989. The average Bonchev–Trinajstić information content (AvgIpc) is 2.87. The fourth-order valence-corrected chi connectivity index (χ4v) is 3.16. The molecule has 2 aliphatic rings. The average molecular weight is 284 g/mol. The number of fused-ring (bicyclic) bond motifs is 1. The van der Waals surface area contributed by atoms with Crippen molar-refractivity contribution >= 4 is 11.7 Å². The van der Waals surface area contributed by atoms with Crippen molar-refractivity contribution in [3.8, 4) is 6.07 Å². The predicted molar refractivity (Wildman–Crippen MR) is 80.0 cm³/mol. The Hall–Kier alpha value is -2.09. The lowest BCUT2D eigenvalue weighted by Crippen LogP contribution is -2.52. The van der Waals surface area contributed by atoms with Crippen LogP contribution in [0.2, 0.25) is 0 Å². The third-order valence-electron chi connectivity index (χ3n) is 4.48. The summed E-state index contributed by atoms with van der Waals surface area (Å²) in [5, 5.41) is 9.33. The Bertz CT molecular complexity index is 613. The van der Waals surface area contributed by atoms with Crippen LogP contribution in [0.1, 0.15) is 30.2 Å². The highest BCUT2D eigenvalue weighted by atomic mass is 16.2. The fraction of sp³-hybridized carbons (Fsp3) is 0.562. The number of amides is 1. The van der Waals surface area contributed by atoms with Gasteiger partial charge in [-0.3, -0.25) is 4.79 Å². The quantitative estimate of drug-likeness (QED) is 0.841. The highest BCUT2D eigenvalue weighted by molar-refractivity contribution is 5.72. The van der Waals surface area contributed by atoms with Gasteiger partial charge in [-0.1, -0.05) is 0 Å². The number of hydrogen-bond donors (Lipinski definition) is 0. The molecule has 0 bridgehead atoms. The number of carbonyl (C=O) groups excluding carboxylic acids is 1. The van der Waals surface area contributed by atoms with Gasteiger partial charge in [0.25, 0.3) is 0 Å². The Labute approximate surface area is 125 Å². The van der Waals surface area contributed by atoms with E-state index in [1.165, 1.54) is 5.56 Å². The fourth-order valence-electron chi connectivity index (χ4n) is 3.16. The van der Waals surface area contributed by atoms with Crippen LogP contribution in [-0.4, -0.2) is 42.5 Å². The maximum Gasteiger partial charge on any atom is 0.219 e. The van der Waals surface area contributed by atoms with Crippen LogP contribution in [0.15, 0.2) is 6.07 Å². The number of nitrogens with zero attached hydrogens (tertiary/aromatic N) is 4. The second-order valence-corrected chi connectivity index (χ2v) is 6.10. The van der Waals surface area contributed by atoms with Crippen LogP contribution in [0.3, 0.4) is 0 Å². The zero-order valence-corrected chi connectivity index (χ0v) is 12.6. The summed E-state index contributed by atoms with van der Waals surface area (Å²) in [6, 6.07) is 4.29. The first kappa shape index (κ1) is 13.9. The largest absolute Gasteiger partial charge is 0.355 e. The molecule has 0 N–H and O–H groups in total. The molecule has 5 heteroatoms. The standard InChI is InChI=1S/C16H20N4O/c1-11(21)19(2)8-12-9-20(10-12)16-14(7-17)6-13-4-3-5-15(13)18-16/h6,12H,3-5,8-10H2,1-2H3. The summed E-state index contributed by atoms with van der Waals surface area (Å²) in [6.45, 7) is 4.11. The second-order valence-electron chi connectivity index (χ2n) is 6.10. The van der Waals surface area contributed by atoms with E-state index in [0.717, 1.165) is 50.4 Å². The van der Waals surface area contributed by atoms with Gasteiger partial charge >= 0.3 is 0 Å². The molecular weight excluding hydrogens is 264 g/mol. The van der Waals surface area contributed by atoms with Crippen LogP contribution in [0.4, 0.5) is 5.82 Å². The van der Waals surface area contributed by atoms with Crippen molar-refractivity contribution < 1.29 is 4.79 Å². The first-order valence-electron chi connectivity index (χ1n) is 7.48. The molecule has 1 aromatic heterocycles. The van der Waals surface area contributed by atoms with E-state index >= 15 is 0 Å². The molecule has 1 aliphatic heterocycles. The highest BCUT2D eigenvalue weighted by Crippen LogP contribution is 2.31. The van der Waals surface area contributed by atoms with Crippen molar-refractivity contribution in [2.45, 2.75) is 26.2 Å². The van der Waals surface area contributed by atoms with Crippen LogP contribution in [0.25, 0.3) is 0 Å². The van der Waals surface area contributed by atoms with E-state index in [2.05, 4.69) is 11.0 Å². The molecule has 0 atom stereocenters. The number of carbonyl (C=O) groups is 1. The molecule has 0 radical (unpaired) electrons. The number of rotatable bonds is 3. The molecular formula is C16H20N4O. The molecule has 3 rings (SSSR count). The molecule has 110 valence electrons. The summed E-state index contributed by atoms with van der Waals surface area (Å²) in [5.41, 5.74) is 3.09. The number of anilines is 1. The van der Waals surface area contributed by atoms with Crippen LogP contribution in [-0.2, 0) is 17.6 Å². The summed E-state index contributed by atoms with van der Waals surface area (Å²) in [7, 11) is 1.83. The van der Waals surface area contributed by atoms with Crippen molar-refractivity contribution in [3.63, 3.8) is 0 Å². The molecule has 0 unspecified atom stereocenters. The van der Waals surface area contributed by atoms with Crippen molar-refractivity contribution in [2.75, 3.05) is 31.6 Å². The van der Waals surface area contributed by atoms with Crippen LogP contribution >= 0.6 is 0 Å². The SMILES string of the molecule is CC(=O)N(C)CC1CN(c2nc3c(cc2C#N)CCC3)C1. The molecule has 2 heterocycles. The van der Waals surface area contributed by atoms with E-state index < -0.39 is 0 Å². The Morgan fingerprint density at radius 2 is 2.29 bits per heavy atom. The van der Waals surface area contributed by atoms with Crippen LogP contribution < -0.4 is 4.90 Å². The highest BCUT2D eigenvalue weighted by Gasteiger charge is 2.31. The van der Waals surface area contributed by atoms with Crippen molar-refractivity contribution in [3.05, 3.63) is 22.9 Å². The van der Waals surface area contributed by atoms with E-state index in [0.29, 0.717) is 11.5 Å². The maximum absolute atomic E-state index is 11.3. The summed E-state index contributed by atoms with van der Waals surface area (Å²) in [6.07, 6.45) is 3.21. The monoisotopic (exact) mass is 284 g/mol. The number of nitriles is 1. The van der Waals surface area contributed by atoms with Gasteiger partial charge in [0, 0.05) is 45.2 Å². The van der Waals surface area contributed by atoms with E-state index in [-0.39, 0.29) is 5.91 Å². The number of aromatic nitrogens is 1. The normalized spacial score (nSPS) is 17.1. The smallest absolute Gasteiger partial charge is 0.219 e. The van der Waals surface area contributed by atoms with Gasteiger partial charge in [0.05, 0.1) is 5.56 Å². The number of aryl methyl sites for hydroxylation is 2. The molecule has 0 spiro atoms. The summed E-state index contributed by atoms with van der Waals surface area (Å²) in [5.74, 6) is 1.40. The Balaban J connectivity index is 1.70. The van der Waals surface area contributed by atoms with E-state index in [1.54, 1.807) is 11.8 Å². The lowest BCUT2D eigenvalue weighted by molar-refractivity contribution is -0.128. The van der Waals surface area contributed by atoms with Gasteiger partial charge in [0.2, 0.25) is 5.91 Å². The zero-order chi connectivity index (χ0) is 15.0. The minimum absolute atomic E-state index is 0.0989. The Morgan fingerprint density at radius 3 is 2.95 bits per heavy atom. The van der Waals surface area contributed by atoms with E-state index in [9.17, 15) is 10.1 Å². The van der Waals surface area contributed by atoms with Crippen LogP contribution in [0, 0.1) is 17.2 Å². The van der Waals surface area contributed by atoms with Gasteiger partial charge in [0.1, 0.15) is 11.9 Å². The van der Waals surface area contributed by atoms with Gasteiger partial charge in [-0.05, 0) is 30.9 Å². The topological polar surface area (TPSA) is 60.2 Å². The van der Waals surface area contributed by atoms with Gasteiger partial charge < -0.3 is 9.80 Å². The first-order valence-corrected chi connectivity index (χ1v) is 7.48. The number of hydrogen-bond acceptors (Lipinski definition) is 4. The summed E-state index contributed by atoms with van der Waals surface area (Å²) >= 11 is 0. The van der Waals surface area contributed by atoms with Crippen molar-refractivity contribution in [1.29, 1.82) is 5.26 Å². The second kappa shape index (κ2) is 5.36. The zero-order valence-electron chi connectivity index (χ0n) is 12.6. The third-order valence-corrected chi connectivity index (χ3v) is 4.48. The van der Waals surface area contributed by atoms with Crippen molar-refractivity contribution in [1.82, 2.24) is 9.88 Å². The summed E-state index contributed by atoms with van der Waals surface area (Å²) in [4.78, 5) is 19.9. The minimum Gasteiger partial charge on any atom is -0.355 e. The molecule has 1 aromatic rings. The van der Waals surface area contributed by atoms with Gasteiger partial charge in [-0.2, -0.15) is 5.26 Å². The van der Waals surface area contributed by atoms with Gasteiger partial charge in [0.15, 0.2) is 0 Å². The van der Waals surface area contributed by atoms with Gasteiger partial charge in [-0.15, -0.1) is 0 Å². The lowest BCUT2D eigenvalue weighted by atomic mass is 9.98. The lowest BCUT2D eigenvalue weighted by Gasteiger charge is -2.42. The Morgan fingerprint density at radius 1 is 1.52 bits per heavy atom. The third kappa shape index (κ3) is 2.58. The Kier molecular flexibility index (Phi) is 3.54. The molecule has 0 aromatic carbocycles. The van der Waals surface area contributed by atoms with Crippen molar-refractivity contribution in [2.24, 2.45) is 5.92 Å². The van der Waals surface area contributed by atoms with E-state index in [4.69, 9.17) is 4.98 Å². The summed E-state index contributed by atoms with van der Waals surface area (Å²) < 4.78 is 0. The number of pyridine rings is 1. The van der Waals surface area contributed by atoms with Gasteiger partial charge in [-0.25, -0.2) is 4.98 Å². The molecule has 1 fully saturated rings. The molecule has 1 amide bonds. The molecule has 1 saturated heterocycles. The first-order chi connectivity index (χ1) is 10.1. The van der Waals surface area contributed by atoms with E-state index in [1.807, 2.05) is 13.1 Å². The predicted octanol–water partition coefficient (Wildman–Crippen LogP) is 1.36. The molecule has 21 heavy (non-hydrogen) atoms. The molecule has 0 saturated carbocycles. The maximum atomic E-state index is 11.3. The molecule has 5 nitrogen and oxygen atoms in total. The van der Waals surface area contributed by atoms with Crippen LogP contribution in [0.5, 0.6) is 0 Å².